The number of halogens is 1. The van der Waals surface area contributed by atoms with Gasteiger partial charge in [0.05, 0.1) is 3.79 Å². The van der Waals surface area contributed by atoms with Crippen molar-refractivity contribution in [2.24, 2.45) is 17.6 Å². The maximum absolute atomic E-state index is 6.33. The lowest BCUT2D eigenvalue weighted by Gasteiger charge is -2.30. The first-order valence-electron chi connectivity index (χ1n) is 5.66. The average Bonchev–Trinajstić information content (AvgIpc) is 2.64. The number of hydrogen-bond acceptors (Lipinski definition) is 2. The molecule has 84 valence electrons. The summed E-state index contributed by atoms with van der Waals surface area (Å²) in [6.45, 7) is 2.35. The Kier molecular flexibility index (Phi) is 3.86. The van der Waals surface area contributed by atoms with Gasteiger partial charge in [0.15, 0.2) is 0 Å². The molecule has 2 N–H and O–H groups in total. The predicted molar refractivity (Wildman–Crippen MR) is 70.1 cm³/mol. The molecular formula is C12H18BrNS. The molecule has 0 saturated heterocycles. The first kappa shape index (κ1) is 11.6. The van der Waals surface area contributed by atoms with Crippen LogP contribution in [-0.2, 0) is 0 Å². The van der Waals surface area contributed by atoms with Crippen LogP contribution in [0.5, 0.6) is 0 Å². The summed E-state index contributed by atoms with van der Waals surface area (Å²) in [6, 6.07) is 2.42. The fourth-order valence-electron chi connectivity index (χ4n) is 2.58. The van der Waals surface area contributed by atoms with E-state index in [1.807, 2.05) is 0 Å². The van der Waals surface area contributed by atoms with Crippen LogP contribution in [0, 0.1) is 11.8 Å². The van der Waals surface area contributed by atoms with E-state index in [-0.39, 0.29) is 6.04 Å². The Balaban J connectivity index is 2.03. The van der Waals surface area contributed by atoms with Gasteiger partial charge in [0, 0.05) is 6.04 Å². The molecule has 3 atom stereocenters. The van der Waals surface area contributed by atoms with Crippen molar-refractivity contribution in [3.63, 3.8) is 0 Å². The summed E-state index contributed by atoms with van der Waals surface area (Å²) in [7, 11) is 0. The Morgan fingerprint density at radius 3 is 2.93 bits per heavy atom. The van der Waals surface area contributed by atoms with E-state index in [1.165, 1.54) is 35.0 Å². The molecule has 1 aromatic rings. The van der Waals surface area contributed by atoms with Gasteiger partial charge in [-0.15, -0.1) is 11.3 Å². The van der Waals surface area contributed by atoms with Gasteiger partial charge in [0.2, 0.25) is 0 Å². The fraction of sp³-hybridized carbons (Fsp3) is 0.667. The zero-order valence-corrected chi connectivity index (χ0v) is 11.5. The SMILES string of the molecule is CC1CCCC(C(N)c2csc(Br)c2)C1. The number of thiophene rings is 1. The first-order valence-corrected chi connectivity index (χ1v) is 7.33. The van der Waals surface area contributed by atoms with E-state index in [0.29, 0.717) is 5.92 Å². The highest BCUT2D eigenvalue weighted by Gasteiger charge is 2.25. The lowest BCUT2D eigenvalue weighted by molar-refractivity contribution is 0.248. The van der Waals surface area contributed by atoms with E-state index < -0.39 is 0 Å². The number of nitrogens with two attached hydrogens (primary N) is 1. The van der Waals surface area contributed by atoms with Crippen LogP contribution in [-0.4, -0.2) is 0 Å². The van der Waals surface area contributed by atoms with E-state index in [0.717, 1.165) is 5.92 Å². The third kappa shape index (κ3) is 2.83. The zero-order chi connectivity index (χ0) is 10.8. The summed E-state index contributed by atoms with van der Waals surface area (Å²) >= 11 is 5.23. The molecule has 0 amide bonds. The van der Waals surface area contributed by atoms with Gasteiger partial charge >= 0.3 is 0 Å². The lowest BCUT2D eigenvalue weighted by atomic mass is 9.77. The molecule has 1 aliphatic rings. The molecule has 0 bridgehead atoms. The molecule has 3 heteroatoms. The van der Waals surface area contributed by atoms with Crippen molar-refractivity contribution in [2.75, 3.05) is 0 Å². The molecule has 0 spiro atoms. The van der Waals surface area contributed by atoms with Crippen LogP contribution in [0.25, 0.3) is 0 Å². The summed E-state index contributed by atoms with van der Waals surface area (Å²) in [5.74, 6) is 1.55. The van der Waals surface area contributed by atoms with Crippen molar-refractivity contribution in [1.82, 2.24) is 0 Å². The van der Waals surface area contributed by atoms with Crippen LogP contribution in [0.2, 0.25) is 0 Å². The zero-order valence-electron chi connectivity index (χ0n) is 9.08. The van der Waals surface area contributed by atoms with Gasteiger partial charge in [0.25, 0.3) is 0 Å². The van der Waals surface area contributed by atoms with Crippen molar-refractivity contribution >= 4 is 27.3 Å². The van der Waals surface area contributed by atoms with Gasteiger partial charge in [-0.05, 0) is 57.6 Å². The minimum absolute atomic E-state index is 0.246. The number of hydrogen-bond donors (Lipinski definition) is 1. The maximum atomic E-state index is 6.33. The molecule has 1 aliphatic carbocycles. The van der Waals surface area contributed by atoms with Gasteiger partial charge in [-0.3, -0.25) is 0 Å². The third-order valence-electron chi connectivity index (χ3n) is 3.46. The second-order valence-corrected chi connectivity index (χ2v) is 7.03. The highest BCUT2D eigenvalue weighted by molar-refractivity contribution is 9.11. The van der Waals surface area contributed by atoms with Crippen LogP contribution in [0.1, 0.15) is 44.2 Å². The van der Waals surface area contributed by atoms with Crippen molar-refractivity contribution in [3.8, 4) is 0 Å². The summed E-state index contributed by atoms with van der Waals surface area (Å²) in [6.07, 6.45) is 5.34. The highest BCUT2D eigenvalue weighted by Crippen LogP contribution is 2.37. The molecule has 2 rings (SSSR count). The van der Waals surface area contributed by atoms with E-state index in [4.69, 9.17) is 5.73 Å². The Labute approximate surface area is 104 Å². The minimum atomic E-state index is 0.246. The molecule has 3 unspecified atom stereocenters. The quantitative estimate of drug-likeness (QED) is 0.861. The van der Waals surface area contributed by atoms with Gasteiger partial charge in [-0.25, -0.2) is 0 Å². The molecule has 0 aromatic carbocycles. The first-order chi connectivity index (χ1) is 7.16. The Morgan fingerprint density at radius 2 is 2.33 bits per heavy atom. The van der Waals surface area contributed by atoms with Crippen LogP contribution in [0.3, 0.4) is 0 Å². The van der Waals surface area contributed by atoms with E-state index in [9.17, 15) is 0 Å². The smallest absolute Gasteiger partial charge is 0.0701 e. The van der Waals surface area contributed by atoms with Crippen molar-refractivity contribution in [1.29, 1.82) is 0 Å². The predicted octanol–water partition coefficient (Wildman–Crippen LogP) is 4.34. The molecule has 1 heterocycles. The standard InChI is InChI=1S/C12H18BrNS/c1-8-3-2-4-9(5-8)12(14)10-6-11(13)15-7-10/h6-9,12H,2-5,14H2,1H3. The highest BCUT2D eigenvalue weighted by atomic mass is 79.9. The monoisotopic (exact) mass is 287 g/mol. The van der Waals surface area contributed by atoms with Gasteiger partial charge in [-0.1, -0.05) is 19.8 Å². The molecule has 1 fully saturated rings. The second kappa shape index (κ2) is 4.98. The van der Waals surface area contributed by atoms with Gasteiger partial charge < -0.3 is 5.73 Å². The summed E-state index contributed by atoms with van der Waals surface area (Å²) in [5.41, 5.74) is 7.64. The molecule has 1 nitrogen and oxygen atoms in total. The van der Waals surface area contributed by atoms with Crippen LogP contribution in [0.15, 0.2) is 15.2 Å². The number of rotatable bonds is 2. The van der Waals surface area contributed by atoms with Gasteiger partial charge in [-0.2, -0.15) is 0 Å². The van der Waals surface area contributed by atoms with E-state index in [2.05, 4.69) is 34.3 Å². The summed E-state index contributed by atoms with van der Waals surface area (Å²) in [4.78, 5) is 0. The molecule has 1 aromatic heterocycles. The molecule has 0 radical (unpaired) electrons. The maximum Gasteiger partial charge on any atom is 0.0701 e. The van der Waals surface area contributed by atoms with E-state index >= 15 is 0 Å². The van der Waals surface area contributed by atoms with Crippen molar-refractivity contribution in [3.05, 3.63) is 20.8 Å². The van der Waals surface area contributed by atoms with Crippen molar-refractivity contribution in [2.45, 2.75) is 38.6 Å². The summed E-state index contributed by atoms with van der Waals surface area (Å²) < 4.78 is 1.19. The normalized spacial score (nSPS) is 29.0. The van der Waals surface area contributed by atoms with Crippen LogP contribution >= 0.6 is 27.3 Å². The fourth-order valence-corrected chi connectivity index (χ4v) is 3.80. The topological polar surface area (TPSA) is 26.0 Å². The Hall–Kier alpha value is 0.140. The van der Waals surface area contributed by atoms with Crippen molar-refractivity contribution < 1.29 is 0 Å². The van der Waals surface area contributed by atoms with Gasteiger partial charge in [0.1, 0.15) is 0 Å². The molecule has 1 saturated carbocycles. The Morgan fingerprint density at radius 1 is 1.53 bits per heavy atom. The summed E-state index contributed by atoms with van der Waals surface area (Å²) in [5, 5.41) is 2.19. The third-order valence-corrected chi connectivity index (χ3v) is 4.98. The largest absolute Gasteiger partial charge is 0.324 e. The molecule has 0 aliphatic heterocycles. The second-order valence-electron chi connectivity index (χ2n) is 4.74. The molecular weight excluding hydrogens is 270 g/mol. The molecule has 15 heavy (non-hydrogen) atoms. The average molecular weight is 288 g/mol. The van der Waals surface area contributed by atoms with E-state index in [1.54, 1.807) is 11.3 Å². The van der Waals surface area contributed by atoms with Crippen LogP contribution < -0.4 is 5.73 Å². The lowest BCUT2D eigenvalue weighted by Crippen LogP contribution is -2.25. The van der Waals surface area contributed by atoms with Crippen LogP contribution in [0.4, 0.5) is 0 Å². The minimum Gasteiger partial charge on any atom is -0.324 e. The Bertz CT molecular complexity index is 323.